The summed E-state index contributed by atoms with van der Waals surface area (Å²) in [5, 5.41) is 0. The highest BCUT2D eigenvalue weighted by atomic mass is 16.5. The van der Waals surface area contributed by atoms with Crippen LogP contribution in [0.2, 0.25) is 0 Å². The van der Waals surface area contributed by atoms with Gasteiger partial charge in [-0.15, -0.1) is 0 Å². The van der Waals surface area contributed by atoms with E-state index in [4.69, 9.17) is 15.2 Å². The summed E-state index contributed by atoms with van der Waals surface area (Å²) in [6.07, 6.45) is 0. The van der Waals surface area contributed by atoms with Crippen molar-refractivity contribution in [1.82, 2.24) is 0 Å². The number of methoxy groups -OCH3 is 1. The Kier molecular flexibility index (Phi) is 4.86. The summed E-state index contributed by atoms with van der Waals surface area (Å²) in [6, 6.07) is 11.9. The van der Waals surface area contributed by atoms with Crippen LogP contribution < -0.4 is 15.2 Å². The molecule has 21 heavy (non-hydrogen) atoms. The third-order valence-corrected chi connectivity index (χ3v) is 3.59. The molecule has 3 nitrogen and oxygen atoms in total. The molecule has 2 N–H and O–H groups in total. The molecule has 0 spiro atoms. The second-order valence-corrected chi connectivity index (χ2v) is 5.18. The third kappa shape index (κ3) is 3.37. The maximum absolute atomic E-state index is 6.45. The minimum absolute atomic E-state index is 0.235. The van der Waals surface area contributed by atoms with Crippen LogP contribution in [0.25, 0.3) is 0 Å². The Bertz CT molecular complexity index is 623. The lowest BCUT2D eigenvalue weighted by molar-refractivity contribution is 0.335. The van der Waals surface area contributed by atoms with Gasteiger partial charge in [0.15, 0.2) is 0 Å². The topological polar surface area (TPSA) is 44.5 Å². The molecule has 0 radical (unpaired) electrons. The zero-order valence-electron chi connectivity index (χ0n) is 13.1. The molecule has 2 aromatic rings. The molecule has 1 atom stereocenters. The highest BCUT2D eigenvalue weighted by Crippen LogP contribution is 2.31. The quantitative estimate of drug-likeness (QED) is 0.909. The number of benzene rings is 2. The lowest BCUT2D eigenvalue weighted by atomic mass is 9.96. The molecule has 0 aliphatic carbocycles. The van der Waals surface area contributed by atoms with Crippen LogP contribution in [0.5, 0.6) is 11.5 Å². The molecule has 0 saturated carbocycles. The Morgan fingerprint density at radius 3 is 2.48 bits per heavy atom. The van der Waals surface area contributed by atoms with Gasteiger partial charge in [0.25, 0.3) is 0 Å². The first-order valence-electron chi connectivity index (χ1n) is 7.20. The number of ether oxygens (including phenoxy) is 2. The summed E-state index contributed by atoms with van der Waals surface area (Å²) in [5.74, 6) is 1.70. The minimum Gasteiger partial charge on any atom is -0.496 e. The van der Waals surface area contributed by atoms with Crippen LogP contribution in [0, 0.1) is 13.8 Å². The van der Waals surface area contributed by atoms with E-state index < -0.39 is 0 Å². The van der Waals surface area contributed by atoms with Gasteiger partial charge in [-0.2, -0.15) is 0 Å². The molecule has 0 aromatic heterocycles. The van der Waals surface area contributed by atoms with E-state index in [1.165, 1.54) is 5.56 Å². The van der Waals surface area contributed by atoms with Crippen LogP contribution in [0.3, 0.4) is 0 Å². The normalized spacial score (nSPS) is 12.0. The van der Waals surface area contributed by atoms with E-state index in [0.29, 0.717) is 6.61 Å². The van der Waals surface area contributed by atoms with Crippen molar-refractivity contribution in [3.63, 3.8) is 0 Å². The van der Waals surface area contributed by atoms with Gasteiger partial charge in [0.2, 0.25) is 0 Å². The average Bonchev–Trinajstić information content (AvgIpc) is 2.49. The summed E-state index contributed by atoms with van der Waals surface area (Å²) < 4.78 is 11.1. The molecule has 0 aliphatic heterocycles. The first-order chi connectivity index (χ1) is 10.1. The summed E-state index contributed by atoms with van der Waals surface area (Å²) in [4.78, 5) is 0. The van der Waals surface area contributed by atoms with Crippen molar-refractivity contribution in [2.75, 3.05) is 13.7 Å². The Hall–Kier alpha value is -2.00. The molecule has 0 bridgehead atoms. The first kappa shape index (κ1) is 15.4. The number of hydrogen-bond acceptors (Lipinski definition) is 3. The van der Waals surface area contributed by atoms with Gasteiger partial charge in [-0.1, -0.05) is 29.8 Å². The summed E-state index contributed by atoms with van der Waals surface area (Å²) >= 11 is 0. The monoisotopic (exact) mass is 285 g/mol. The van der Waals surface area contributed by atoms with E-state index in [1.54, 1.807) is 7.11 Å². The molecule has 3 heteroatoms. The van der Waals surface area contributed by atoms with Gasteiger partial charge in [-0.3, -0.25) is 0 Å². The van der Waals surface area contributed by atoms with Crippen molar-refractivity contribution in [1.29, 1.82) is 0 Å². The largest absolute Gasteiger partial charge is 0.496 e. The van der Waals surface area contributed by atoms with Crippen LogP contribution in [0.1, 0.15) is 35.2 Å². The Labute approximate surface area is 126 Å². The van der Waals surface area contributed by atoms with Crippen molar-refractivity contribution < 1.29 is 9.47 Å². The fourth-order valence-electron chi connectivity index (χ4n) is 2.41. The lowest BCUT2D eigenvalue weighted by Gasteiger charge is -2.19. The third-order valence-electron chi connectivity index (χ3n) is 3.59. The van der Waals surface area contributed by atoms with E-state index in [9.17, 15) is 0 Å². The van der Waals surface area contributed by atoms with E-state index in [2.05, 4.69) is 13.0 Å². The van der Waals surface area contributed by atoms with E-state index in [1.807, 2.05) is 44.2 Å². The number of hydrogen-bond donors (Lipinski definition) is 1. The van der Waals surface area contributed by atoms with E-state index >= 15 is 0 Å². The first-order valence-corrected chi connectivity index (χ1v) is 7.20. The van der Waals surface area contributed by atoms with E-state index in [0.717, 1.165) is 28.2 Å². The fourth-order valence-corrected chi connectivity index (χ4v) is 2.41. The molecule has 0 saturated heterocycles. The summed E-state index contributed by atoms with van der Waals surface area (Å²) in [5.41, 5.74) is 10.7. The fraction of sp³-hybridized carbons (Fsp3) is 0.333. The Balaban J connectivity index is 2.43. The van der Waals surface area contributed by atoms with Gasteiger partial charge in [-0.05, 0) is 44.0 Å². The molecule has 0 heterocycles. The average molecular weight is 285 g/mol. The van der Waals surface area contributed by atoms with Gasteiger partial charge >= 0.3 is 0 Å². The van der Waals surface area contributed by atoms with Gasteiger partial charge in [0.1, 0.15) is 11.5 Å². The molecule has 2 aromatic carbocycles. The summed E-state index contributed by atoms with van der Waals surface area (Å²) in [7, 11) is 1.68. The van der Waals surface area contributed by atoms with Crippen LogP contribution >= 0.6 is 0 Å². The van der Waals surface area contributed by atoms with Crippen molar-refractivity contribution in [2.45, 2.75) is 26.8 Å². The van der Waals surface area contributed by atoms with Gasteiger partial charge < -0.3 is 15.2 Å². The maximum atomic E-state index is 6.45. The van der Waals surface area contributed by atoms with Crippen LogP contribution in [-0.4, -0.2) is 13.7 Å². The molecule has 0 amide bonds. The van der Waals surface area contributed by atoms with Gasteiger partial charge in [-0.25, -0.2) is 0 Å². The van der Waals surface area contributed by atoms with Crippen LogP contribution in [-0.2, 0) is 0 Å². The van der Waals surface area contributed by atoms with E-state index in [-0.39, 0.29) is 6.04 Å². The van der Waals surface area contributed by atoms with Crippen molar-refractivity contribution in [2.24, 2.45) is 5.73 Å². The molecule has 112 valence electrons. The molecule has 1 unspecified atom stereocenters. The lowest BCUT2D eigenvalue weighted by Crippen LogP contribution is -2.14. The summed E-state index contributed by atoms with van der Waals surface area (Å²) in [6.45, 7) is 6.68. The second-order valence-electron chi connectivity index (χ2n) is 5.18. The smallest absolute Gasteiger partial charge is 0.124 e. The predicted molar refractivity (Wildman–Crippen MR) is 86.1 cm³/mol. The van der Waals surface area contributed by atoms with Crippen molar-refractivity contribution in [3.05, 3.63) is 58.7 Å². The standard InChI is InChI=1S/C18H23NO2/c1-5-21-16-9-6-12(2)10-15(16)18(19)14-8-7-13(3)17(11-14)20-4/h6-11,18H,5,19H2,1-4H3. The molecule has 0 fully saturated rings. The highest BCUT2D eigenvalue weighted by molar-refractivity contribution is 5.46. The van der Waals surface area contributed by atoms with Crippen molar-refractivity contribution in [3.8, 4) is 11.5 Å². The zero-order chi connectivity index (χ0) is 15.4. The number of rotatable bonds is 5. The molecular formula is C18H23NO2. The number of aryl methyl sites for hydroxylation is 2. The molecular weight excluding hydrogens is 262 g/mol. The Morgan fingerprint density at radius 2 is 1.81 bits per heavy atom. The Morgan fingerprint density at radius 1 is 1.05 bits per heavy atom. The highest BCUT2D eigenvalue weighted by Gasteiger charge is 2.16. The zero-order valence-corrected chi connectivity index (χ0v) is 13.1. The van der Waals surface area contributed by atoms with Crippen LogP contribution in [0.4, 0.5) is 0 Å². The van der Waals surface area contributed by atoms with Gasteiger partial charge in [0, 0.05) is 5.56 Å². The number of nitrogens with two attached hydrogens (primary N) is 1. The second kappa shape index (κ2) is 6.64. The molecule has 0 aliphatic rings. The van der Waals surface area contributed by atoms with Crippen LogP contribution in [0.15, 0.2) is 36.4 Å². The predicted octanol–water partition coefficient (Wildman–Crippen LogP) is 3.76. The molecule has 2 rings (SSSR count). The SMILES string of the molecule is CCOc1ccc(C)cc1C(N)c1ccc(C)c(OC)c1. The minimum atomic E-state index is -0.235. The maximum Gasteiger partial charge on any atom is 0.124 e. The van der Waals surface area contributed by atoms with Crippen molar-refractivity contribution >= 4 is 0 Å². The van der Waals surface area contributed by atoms with Gasteiger partial charge in [0.05, 0.1) is 19.8 Å².